The normalized spacial score (nSPS) is 14.7. The second-order valence-electron chi connectivity index (χ2n) is 22.4. The molecule has 10 aromatic carbocycles. The molecule has 3 heteroatoms. The van der Waals surface area contributed by atoms with Gasteiger partial charge < -0.3 is 9.64 Å². The highest BCUT2D eigenvalue weighted by Gasteiger charge is 2.53. The van der Waals surface area contributed by atoms with Gasteiger partial charge in [0.05, 0.1) is 10.8 Å². The van der Waals surface area contributed by atoms with Gasteiger partial charge in [-0.15, -0.1) is 0 Å². The van der Waals surface area contributed by atoms with Crippen molar-refractivity contribution in [1.82, 2.24) is 0 Å². The molecule has 0 saturated carbocycles. The van der Waals surface area contributed by atoms with Gasteiger partial charge in [0, 0.05) is 38.0 Å². The predicted octanol–water partition coefficient (Wildman–Crippen LogP) is 18.7. The second-order valence-corrected chi connectivity index (χ2v) is 23.5. The van der Waals surface area contributed by atoms with E-state index in [9.17, 15) is 0 Å². The van der Waals surface area contributed by atoms with E-state index in [-0.39, 0.29) is 10.8 Å². The fourth-order valence-corrected chi connectivity index (χ4v) is 14.0. The number of fused-ring (bicyclic) bond motifs is 18. The van der Waals surface area contributed by atoms with Crippen LogP contribution in [-0.2, 0) is 21.7 Å². The van der Waals surface area contributed by atoms with E-state index in [1.54, 1.807) is 0 Å². The zero-order valence-corrected chi connectivity index (χ0v) is 42.9. The van der Waals surface area contributed by atoms with E-state index >= 15 is 0 Å². The summed E-state index contributed by atoms with van der Waals surface area (Å²) >= 11 is 1.92. The molecule has 2 heterocycles. The minimum Gasteiger partial charge on any atom is -0.457 e. The quantitative estimate of drug-likeness (QED) is 0.174. The van der Waals surface area contributed by atoms with Crippen molar-refractivity contribution in [3.05, 3.63) is 280 Å². The number of rotatable bonds is 4. The Morgan fingerprint density at radius 3 is 1.22 bits per heavy atom. The molecule has 0 saturated heterocycles. The Balaban J connectivity index is 1.05. The van der Waals surface area contributed by atoms with Gasteiger partial charge in [0.25, 0.3) is 0 Å². The van der Waals surface area contributed by atoms with Crippen LogP contribution in [-0.4, -0.2) is 0 Å². The van der Waals surface area contributed by atoms with Crippen LogP contribution in [0.1, 0.15) is 97.2 Å². The van der Waals surface area contributed by atoms with Gasteiger partial charge in [-0.3, -0.25) is 0 Å². The first-order chi connectivity index (χ1) is 35.4. The number of hydrogen-bond acceptors (Lipinski definition) is 3. The van der Waals surface area contributed by atoms with E-state index in [0.717, 1.165) is 39.7 Å². The first-order valence-electron chi connectivity index (χ1n) is 25.7. The number of para-hydroxylation sites is 2. The van der Waals surface area contributed by atoms with Gasteiger partial charge in [0.1, 0.15) is 11.5 Å². The number of hydrogen-bond donors (Lipinski definition) is 0. The van der Waals surface area contributed by atoms with Gasteiger partial charge in [-0.05, 0) is 149 Å². The fourth-order valence-electron chi connectivity index (χ4n) is 12.9. The molecule has 0 atom stereocenters. The van der Waals surface area contributed by atoms with Crippen molar-refractivity contribution >= 4 is 28.8 Å². The molecule has 0 aromatic heterocycles. The summed E-state index contributed by atoms with van der Waals surface area (Å²) in [6.07, 6.45) is 0. The average molecular weight is 958 g/mol. The largest absolute Gasteiger partial charge is 0.457 e. The Labute approximate surface area is 434 Å². The molecule has 2 aliphatic heterocycles. The van der Waals surface area contributed by atoms with Crippen LogP contribution in [0.2, 0.25) is 0 Å². The summed E-state index contributed by atoms with van der Waals surface area (Å²) in [4.78, 5) is 5.13. The highest BCUT2D eigenvalue weighted by Crippen LogP contribution is 2.65. The van der Waals surface area contributed by atoms with Crippen molar-refractivity contribution in [2.45, 2.75) is 73.0 Å². The van der Waals surface area contributed by atoms with Crippen molar-refractivity contribution in [1.29, 1.82) is 0 Å². The minimum atomic E-state index is -0.609. The molecule has 2 aliphatic carbocycles. The molecule has 73 heavy (non-hydrogen) atoms. The van der Waals surface area contributed by atoms with Crippen LogP contribution < -0.4 is 9.64 Å². The first kappa shape index (κ1) is 43.9. The SMILES string of the molecule is CC(C)(C)c1ccc2c(c1)C1(c3cc(C(C)(C)C)ccc3S2)c2ccccc2-c2ccc(N(c3ccc(-c4ccccc4)cc3)c3ccc4c(c3)C3(c5ccccc5Oc5ccccc53)c3ccccc3-4)cc21. The molecular formula is C70H55NOS. The van der Waals surface area contributed by atoms with Gasteiger partial charge in [0.15, 0.2) is 0 Å². The van der Waals surface area contributed by atoms with Crippen molar-refractivity contribution in [3.8, 4) is 44.9 Å². The maximum absolute atomic E-state index is 6.77. The van der Waals surface area contributed by atoms with Crippen molar-refractivity contribution in [2.75, 3.05) is 4.90 Å². The van der Waals surface area contributed by atoms with Gasteiger partial charge in [-0.2, -0.15) is 0 Å². The van der Waals surface area contributed by atoms with Crippen molar-refractivity contribution in [3.63, 3.8) is 0 Å². The standard InChI is InChI=1S/C70H55NOS/c1-67(2,3)46-30-38-65-61(40-46)70(62-41-47(68(4,5)6)31-39-66(62)73-65)56-23-13-11-21-52(56)54-37-35-50(43-60(54)70)71(48-32-28-45(29-33-48)44-18-8-7-9-19-44)49-34-36-53-51-20-10-12-22-55(51)69(59(53)42-49)57-24-14-16-26-63(57)72-64-27-17-15-25-58(64)69/h7-43H,1-6H3. The third-order valence-corrected chi connectivity index (χ3v) is 17.5. The number of benzene rings is 10. The van der Waals surface area contributed by atoms with Gasteiger partial charge in [-0.1, -0.05) is 217 Å². The number of ether oxygens (including phenoxy) is 1. The highest BCUT2D eigenvalue weighted by atomic mass is 32.2. The summed E-state index contributed by atoms with van der Waals surface area (Å²) in [5.41, 5.74) is 22.4. The predicted molar refractivity (Wildman–Crippen MR) is 303 cm³/mol. The molecule has 0 radical (unpaired) electrons. The highest BCUT2D eigenvalue weighted by molar-refractivity contribution is 7.99. The first-order valence-corrected chi connectivity index (χ1v) is 26.5. The zero-order valence-electron chi connectivity index (χ0n) is 42.1. The van der Waals surface area contributed by atoms with Crippen molar-refractivity contribution < 1.29 is 4.74 Å². The summed E-state index contributed by atoms with van der Waals surface area (Å²) in [5, 5.41) is 0. The van der Waals surface area contributed by atoms with Gasteiger partial charge in [0.2, 0.25) is 0 Å². The lowest BCUT2D eigenvalue weighted by atomic mass is 9.65. The average Bonchev–Trinajstić information content (AvgIpc) is 3.88. The van der Waals surface area contributed by atoms with Crippen LogP contribution in [0, 0.1) is 0 Å². The third-order valence-electron chi connectivity index (χ3n) is 16.3. The van der Waals surface area contributed by atoms with Crippen LogP contribution >= 0.6 is 11.8 Å². The molecule has 4 aliphatic rings. The fraction of sp³-hybridized carbons (Fsp3) is 0.143. The molecule has 2 nitrogen and oxygen atoms in total. The lowest BCUT2D eigenvalue weighted by Crippen LogP contribution is -2.33. The Morgan fingerprint density at radius 2 is 0.726 bits per heavy atom. The van der Waals surface area contributed by atoms with Gasteiger partial charge >= 0.3 is 0 Å². The Bertz CT molecular complexity index is 3780. The molecule has 2 spiro atoms. The molecule has 0 unspecified atom stereocenters. The third kappa shape index (κ3) is 6.31. The van der Waals surface area contributed by atoms with Crippen molar-refractivity contribution in [2.24, 2.45) is 0 Å². The van der Waals surface area contributed by atoms with Gasteiger partial charge in [-0.25, -0.2) is 0 Å². The van der Waals surface area contributed by atoms with Crippen LogP contribution in [0.25, 0.3) is 33.4 Å². The molecule has 0 bridgehead atoms. The summed E-state index contributed by atoms with van der Waals surface area (Å²) in [5.74, 6) is 1.78. The molecule has 14 rings (SSSR count). The molecular weight excluding hydrogens is 903 g/mol. The van der Waals surface area contributed by atoms with Crippen LogP contribution in [0.4, 0.5) is 17.1 Å². The lowest BCUT2D eigenvalue weighted by molar-refractivity contribution is 0.436. The minimum absolute atomic E-state index is 0.0456. The van der Waals surface area contributed by atoms with Crippen LogP contribution in [0.5, 0.6) is 11.5 Å². The van der Waals surface area contributed by atoms with E-state index < -0.39 is 10.8 Å². The number of anilines is 3. The maximum Gasteiger partial charge on any atom is 0.132 e. The summed E-state index contributed by atoms with van der Waals surface area (Å²) < 4.78 is 6.77. The monoisotopic (exact) mass is 957 g/mol. The van der Waals surface area contributed by atoms with E-state index in [1.807, 2.05) is 11.8 Å². The Kier molecular flexibility index (Phi) is 9.52. The zero-order chi connectivity index (χ0) is 49.4. The second kappa shape index (κ2) is 15.8. The molecule has 0 amide bonds. The van der Waals surface area contributed by atoms with E-state index in [0.29, 0.717) is 0 Å². The van der Waals surface area contributed by atoms with E-state index in [2.05, 4.69) is 271 Å². The maximum atomic E-state index is 6.77. The number of nitrogens with zero attached hydrogens (tertiary/aromatic N) is 1. The Hall–Kier alpha value is -7.85. The summed E-state index contributed by atoms with van der Waals surface area (Å²) in [7, 11) is 0. The summed E-state index contributed by atoms with van der Waals surface area (Å²) in [6, 6.07) is 84.6. The molecule has 0 fully saturated rings. The molecule has 0 N–H and O–H groups in total. The summed E-state index contributed by atoms with van der Waals surface area (Å²) in [6.45, 7) is 14.1. The molecule has 352 valence electrons. The van der Waals surface area contributed by atoms with Crippen LogP contribution in [0.15, 0.2) is 234 Å². The Morgan fingerprint density at radius 1 is 0.329 bits per heavy atom. The van der Waals surface area contributed by atoms with Crippen LogP contribution in [0.3, 0.4) is 0 Å². The van der Waals surface area contributed by atoms with E-state index in [1.165, 1.54) is 87.7 Å². The lowest BCUT2D eigenvalue weighted by Gasteiger charge is -2.41. The smallest absolute Gasteiger partial charge is 0.132 e. The van der Waals surface area contributed by atoms with E-state index in [4.69, 9.17) is 4.74 Å². The molecule has 10 aromatic rings. The topological polar surface area (TPSA) is 12.5 Å².